The zero-order chi connectivity index (χ0) is 11.4. The quantitative estimate of drug-likeness (QED) is 0.837. The van der Waals surface area contributed by atoms with Gasteiger partial charge in [-0.1, -0.05) is 12.2 Å². The first-order chi connectivity index (χ1) is 7.00. The van der Waals surface area contributed by atoms with Gasteiger partial charge < -0.3 is 11.1 Å². The molecule has 0 saturated carbocycles. The largest absolute Gasteiger partial charge is 0.393 e. The highest BCUT2D eigenvalue weighted by molar-refractivity contribution is 9.11. The van der Waals surface area contributed by atoms with Gasteiger partial charge in [-0.2, -0.15) is 0 Å². The van der Waals surface area contributed by atoms with E-state index in [4.69, 9.17) is 18.0 Å². The average molecular weight is 307 g/mol. The monoisotopic (exact) mass is 306 g/mol. The Morgan fingerprint density at radius 2 is 2.40 bits per heavy atom. The van der Waals surface area contributed by atoms with Gasteiger partial charge in [-0.25, -0.2) is 0 Å². The van der Waals surface area contributed by atoms with Crippen LogP contribution >= 0.6 is 39.5 Å². The fourth-order valence-electron chi connectivity index (χ4n) is 0.903. The maximum atomic E-state index is 11.5. The van der Waals surface area contributed by atoms with Gasteiger partial charge in [0.1, 0.15) is 0 Å². The Bertz CT molecular complexity index is 378. The van der Waals surface area contributed by atoms with Crippen molar-refractivity contribution in [1.29, 1.82) is 0 Å². The van der Waals surface area contributed by atoms with E-state index in [0.29, 0.717) is 6.54 Å². The third kappa shape index (κ3) is 3.89. The fraction of sp³-hybridized carbons (Fsp3) is 0.333. The summed E-state index contributed by atoms with van der Waals surface area (Å²) in [7, 11) is 0. The van der Waals surface area contributed by atoms with Crippen LogP contribution in [0.25, 0.3) is 0 Å². The summed E-state index contributed by atoms with van der Waals surface area (Å²) in [4.78, 5) is 12.8. The first-order valence-electron chi connectivity index (χ1n) is 4.32. The molecule has 0 saturated heterocycles. The molecule has 0 aliphatic carbocycles. The minimum Gasteiger partial charge on any atom is -0.393 e. The SMILES string of the molecule is CC(C(=O)NCc1ccc(Br)s1)C(N)=S. The molecule has 3 N–H and O–H groups in total. The van der Waals surface area contributed by atoms with Crippen molar-refractivity contribution >= 4 is 50.4 Å². The Balaban J connectivity index is 2.44. The Morgan fingerprint density at radius 1 is 1.73 bits per heavy atom. The number of thiocarbonyl (C=S) groups is 1. The second-order valence-electron chi connectivity index (χ2n) is 3.05. The summed E-state index contributed by atoms with van der Waals surface area (Å²) >= 11 is 9.69. The molecule has 3 nitrogen and oxygen atoms in total. The van der Waals surface area contributed by atoms with Gasteiger partial charge in [0.15, 0.2) is 0 Å². The van der Waals surface area contributed by atoms with E-state index in [9.17, 15) is 4.79 Å². The molecular weight excluding hydrogens is 296 g/mol. The topological polar surface area (TPSA) is 55.1 Å². The Hall–Kier alpha value is -0.460. The Kier molecular flexibility index (Phi) is 4.69. The number of carbonyl (C=O) groups is 1. The van der Waals surface area contributed by atoms with Crippen molar-refractivity contribution in [2.24, 2.45) is 11.7 Å². The number of nitrogens with two attached hydrogens (primary N) is 1. The molecule has 1 aromatic heterocycles. The number of hydrogen-bond acceptors (Lipinski definition) is 3. The summed E-state index contributed by atoms with van der Waals surface area (Å²) in [5.41, 5.74) is 5.38. The zero-order valence-corrected chi connectivity index (χ0v) is 11.3. The fourth-order valence-corrected chi connectivity index (χ4v) is 2.43. The number of rotatable bonds is 4. The maximum absolute atomic E-state index is 11.5. The van der Waals surface area contributed by atoms with Crippen LogP contribution in [0.1, 0.15) is 11.8 Å². The molecule has 0 fully saturated rings. The lowest BCUT2D eigenvalue weighted by atomic mass is 10.1. The van der Waals surface area contributed by atoms with Crippen molar-refractivity contribution in [3.05, 3.63) is 20.8 Å². The van der Waals surface area contributed by atoms with E-state index in [1.165, 1.54) is 0 Å². The molecule has 1 unspecified atom stereocenters. The van der Waals surface area contributed by atoms with Crippen LogP contribution in [-0.2, 0) is 11.3 Å². The third-order valence-corrected chi connectivity index (χ3v) is 3.86. The minimum absolute atomic E-state index is 0.132. The van der Waals surface area contributed by atoms with Crippen LogP contribution < -0.4 is 11.1 Å². The molecule has 1 aromatic rings. The van der Waals surface area contributed by atoms with Crippen LogP contribution in [0.3, 0.4) is 0 Å². The van der Waals surface area contributed by atoms with Crippen LogP contribution in [0, 0.1) is 5.92 Å². The molecule has 1 rings (SSSR count). The van der Waals surface area contributed by atoms with Gasteiger partial charge >= 0.3 is 0 Å². The number of nitrogens with one attached hydrogen (secondary N) is 1. The zero-order valence-electron chi connectivity index (χ0n) is 8.12. The van der Waals surface area contributed by atoms with Gasteiger partial charge in [-0.3, -0.25) is 4.79 Å². The highest BCUT2D eigenvalue weighted by atomic mass is 79.9. The number of halogens is 1. The lowest BCUT2D eigenvalue weighted by molar-refractivity contribution is -0.122. The van der Waals surface area contributed by atoms with Gasteiger partial charge in [-0.05, 0) is 35.0 Å². The maximum Gasteiger partial charge on any atom is 0.229 e. The number of amides is 1. The smallest absolute Gasteiger partial charge is 0.229 e. The Morgan fingerprint density at radius 3 is 2.87 bits per heavy atom. The molecule has 15 heavy (non-hydrogen) atoms. The molecule has 6 heteroatoms. The molecular formula is C9H11BrN2OS2. The number of carbonyl (C=O) groups excluding carboxylic acids is 1. The molecule has 0 radical (unpaired) electrons. The van der Waals surface area contributed by atoms with Crippen LogP contribution in [0.2, 0.25) is 0 Å². The van der Waals surface area contributed by atoms with Crippen molar-refractivity contribution < 1.29 is 4.79 Å². The molecule has 1 amide bonds. The van der Waals surface area contributed by atoms with Gasteiger partial charge in [0.25, 0.3) is 0 Å². The van der Waals surface area contributed by atoms with Crippen molar-refractivity contribution in [2.45, 2.75) is 13.5 Å². The molecule has 0 aliphatic heterocycles. The van der Waals surface area contributed by atoms with E-state index in [1.807, 2.05) is 12.1 Å². The lowest BCUT2D eigenvalue weighted by Gasteiger charge is -2.09. The predicted octanol–water partition coefficient (Wildman–Crippen LogP) is 2.05. The van der Waals surface area contributed by atoms with E-state index < -0.39 is 5.92 Å². The summed E-state index contributed by atoms with van der Waals surface area (Å²) in [6.45, 7) is 2.21. The normalized spacial score (nSPS) is 12.1. The summed E-state index contributed by atoms with van der Waals surface area (Å²) in [5.74, 6) is -0.546. The Labute approximate surface area is 106 Å². The first-order valence-corrected chi connectivity index (χ1v) is 6.33. The van der Waals surface area contributed by atoms with E-state index in [-0.39, 0.29) is 10.9 Å². The van der Waals surface area contributed by atoms with Gasteiger partial charge in [0.2, 0.25) is 5.91 Å². The molecule has 0 aliphatic rings. The average Bonchev–Trinajstić information content (AvgIpc) is 2.59. The summed E-state index contributed by atoms with van der Waals surface area (Å²) in [5, 5.41) is 2.78. The summed E-state index contributed by atoms with van der Waals surface area (Å²) in [6, 6.07) is 3.91. The second-order valence-corrected chi connectivity index (χ2v) is 6.07. The number of thiophene rings is 1. The van der Waals surface area contributed by atoms with Crippen LogP contribution in [-0.4, -0.2) is 10.9 Å². The van der Waals surface area contributed by atoms with Crippen LogP contribution in [0.5, 0.6) is 0 Å². The molecule has 82 valence electrons. The van der Waals surface area contributed by atoms with Crippen molar-refractivity contribution in [2.75, 3.05) is 0 Å². The van der Waals surface area contributed by atoms with E-state index >= 15 is 0 Å². The lowest BCUT2D eigenvalue weighted by Crippen LogP contribution is -2.35. The van der Waals surface area contributed by atoms with E-state index in [0.717, 1.165) is 8.66 Å². The number of hydrogen-bond donors (Lipinski definition) is 2. The molecule has 0 aromatic carbocycles. The van der Waals surface area contributed by atoms with Gasteiger partial charge in [-0.15, -0.1) is 11.3 Å². The highest BCUT2D eigenvalue weighted by Gasteiger charge is 2.14. The first kappa shape index (κ1) is 12.6. The standard InChI is InChI=1S/C9H11BrN2OS2/c1-5(8(11)14)9(13)12-4-6-2-3-7(10)15-6/h2-3,5H,4H2,1H3,(H2,11,14)(H,12,13). The van der Waals surface area contributed by atoms with Gasteiger partial charge in [0.05, 0.1) is 21.2 Å². The van der Waals surface area contributed by atoms with Gasteiger partial charge in [0, 0.05) is 4.88 Å². The highest BCUT2D eigenvalue weighted by Crippen LogP contribution is 2.21. The molecule has 0 spiro atoms. The van der Waals surface area contributed by atoms with E-state index in [1.54, 1.807) is 18.3 Å². The third-order valence-electron chi connectivity index (χ3n) is 1.89. The van der Waals surface area contributed by atoms with Crippen molar-refractivity contribution in [1.82, 2.24) is 5.32 Å². The van der Waals surface area contributed by atoms with Crippen molar-refractivity contribution in [3.8, 4) is 0 Å². The second kappa shape index (κ2) is 5.58. The molecule has 1 atom stereocenters. The minimum atomic E-state index is -0.414. The predicted molar refractivity (Wildman–Crippen MR) is 69.8 cm³/mol. The molecule has 0 bridgehead atoms. The van der Waals surface area contributed by atoms with Crippen molar-refractivity contribution in [3.63, 3.8) is 0 Å². The van der Waals surface area contributed by atoms with Crippen LogP contribution in [0.4, 0.5) is 0 Å². The molecule has 1 heterocycles. The summed E-state index contributed by atoms with van der Waals surface area (Å²) in [6.07, 6.45) is 0. The summed E-state index contributed by atoms with van der Waals surface area (Å²) < 4.78 is 1.05. The van der Waals surface area contributed by atoms with E-state index in [2.05, 4.69) is 21.2 Å². The van der Waals surface area contributed by atoms with Crippen LogP contribution in [0.15, 0.2) is 15.9 Å².